The van der Waals surface area contributed by atoms with E-state index >= 15 is 0 Å². The van der Waals surface area contributed by atoms with Gasteiger partial charge < -0.3 is 5.11 Å². The Kier molecular flexibility index (Phi) is 6.42. The molecule has 1 aliphatic heterocycles. The van der Waals surface area contributed by atoms with Crippen LogP contribution in [-0.4, -0.2) is 63.1 Å². The molecule has 0 saturated carbocycles. The Hall–Kier alpha value is -1.73. The summed E-state index contributed by atoms with van der Waals surface area (Å²) in [5.74, 6) is 0. The Labute approximate surface area is 171 Å². The summed E-state index contributed by atoms with van der Waals surface area (Å²) in [7, 11) is 0. The van der Waals surface area contributed by atoms with Crippen LogP contribution in [0.25, 0.3) is 4.96 Å². The van der Waals surface area contributed by atoms with E-state index in [1.54, 1.807) is 11.3 Å². The number of rotatable bonds is 8. The number of fused-ring (bicyclic) bond motifs is 1. The maximum absolute atomic E-state index is 9.58. The quantitative estimate of drug-likeness (QED) is 0.633. The van der Waals surface area contributed by atoms with E-state index in [0.29, 0.717) is 6.04 Å². The molecular weight excluding hydrogens is 368 g/mol. The normalized spacial score (nSPS) is 18.9. The maximum atomic E-state index is 9.58. The molecule has 0 aliphatic carbocycles. The molecule has 4 rings (SSSR count). The SMILES string of the molecule is Cc1nc2sccn2c1CN1CCN(CCCc2ccccc2)[C@H](CCO)C1. The number of imidazole rings is 1. The summed E-state index contributed by atoms with van der Waals surface area (Å²) in [6.07, 6.45) is 5.27. The summed E-state index contributed by atoms with van der Waals surface area (Å²) >= 11 is 1.69. The maximum Gasteiger partial charge on any atom is 0.194 e. The standard InChI is InChI=1S/C22H30N4OS/c1-18-21(26-13-15-28-22(26)23-18)17-24-11-12-25(20(16-24)9-14-27)10-5-8-19-6-3-2-4-7-19/h2-4,6-7,13,15,20,27H,5,8-12,14,16-17H2,1H3/t20-/m1/s1. The van der Waals surface area contributed by atoms with Crippen LogP contribution in [0, 0.1) is 6.92 Å². The van der Waals surface area contributed by atoms with Crippen LogP contribution >= 0.6 is 11.3 Å². The Morgan fingerprint density at radius 3 is 2.89 bits per heavy atom. The van der Waals surface area contributed by atoms with E-state index in [4.69, 9.17) is 0 Å². The van der Waals surface area contributed by atoms with Gasteiger partial charge in [0.15, 0.2) is 4.96 Å². The van der Waals surface area contributed by atoms with Crippen molar-refractivity contribution in [2.24, 2.45) is 0 Å². The molecule has 2 aromatic heterocycles. The molecule has 6 heteroatoms. The first-order valence-corrected chi connectivity index (χ1v) is 11.1. The average molecular weight is 399 g/mol. The van der Waals surface area contributed by atoms with Crippen molar-refractivity contribution in [1.29, 1.82) is 0 Å². The average Bonchev–Trinajstić information content (AvgIpc) is 3.27. The number of piperazine rings is 1. The Morgan fingerprint density at radius 2 is 2.07 bits per heavy atom. The number of aliphatic hydroxyl groups is 1. The van der Waals surface area contributed by atoms with Crippen molar-refractivity contribution < 1.29 is 5.11 Å². The minimum Gasteiger partial charge on any atom is -0.396 e. The second-order valence-electron chi connectivity index (χ2n) is 7.73. The van der Waals surface area contributed by atoms with Gasteiger partial charge in [-0.1, -0.05) is 30.3 Å². The number of benzene rings is 1. The molecule has 1 fully saturated rings. The third-order valence-corrected chi connectivity index (χ3v) is 6.60. The summed E-state index contributed by atoms with van der Waals surface area (Å²) in [5.41, 5.74) is 3.85. The van der Waals surface area contributed by atoms with Crippen LogP contribution in [0.2, 0.25) is 0 Å². The van der Waals surface area contributed by atoms with Gasteiger partial charge in [-0.15, -0.1) is 11.3 Å². The third-order valence-electron chi connectivity index (χ3n) is 5.84. The minimum absolute atomic E-state index is 0.258. The van der Waals surface area contributed by atoms with E-state index in [2.05, 4.69) is 68.0 Å². The summed E-state index contributed by atoms with van der Waals surface area (Å²) in [5, 5.41) is 11.7. The van der Waals surface area contributed by atoms with Gasteiger partial charge in [0.2, 0.25) is 0 Å². The van der Waals surface area contributed by atoms with Crippen LogP contribution in [0.4, 0.5) is 0 Å². The summed E-state index contributed by atoms with van der Waals surface area (Å²) in [6, 6.07) is 11.2. The fraction of sp³-hybridized carbons (Fsp3) is 0.500. The van der Waals surface area contributed by atoms with Crippen LogP contribution in [0.15, 0.2) is 41.9 Å². The van der Waals surface area contributed by atoms with Gasteiger partial charge in [-0.05, 0) is 38.3 Å². The fourth-order valence-electron chi connectivity index (χ4n) is 4.29. The lowest BCUT2D eigenvalue weighted by Gasteiger charge is -2.41. The smallest absolute Gasteiger partial charge is 0.194 e. The van der Waals surface area contributed by atoms with Gasteiger partial charge in [0.1, 0.15) is 0 Å². The lowest BCUT2D eigenvalue weighted by Crippen LogP contribution is -2.53. The van der Waals surface area contributed by atoms with Gasteiger partial charge in [0.05, 0.1) is 11.4 Å². The molecule has 0 bridgehead atoms. The fourth-order valence-corrected chi connectivity index (χ4v) is 5.07. The molecule has 1 N–H and O–H groups in total. The first kappa shape index (κ1) is 19.6. The molecule has 150 valence electrons. The molecular formula is C22H30N4OS. The molecule has 28 heavy (non-hydrogen) atoms. The van der Waals surface area contributed by atoms with Crippen LogP contribution in [0.5, 0.6) is 0 Å². The number of thiazole rings is 1. The van der Waals surface area contributed by atoms with Crippen molar-refractivity contribution in [3.63, 3.8) is 0 Å². The number of hydrogen-bond acceptors (Lipinski definition) is 5. The Bertz CT molecular complexity index is 875. The van der Waals surface area contributed by atoms with Crippen LogP contribution in [-0.2, 0) is 13.0 Å². The van der Waals surface area contributed by atoms with Gasteiger partial charge in [-0.2, -0.15) is 0 Å². The van der Waals surface area contributed by atoms with E-state index < -0.39 is 0 Å². The van der Waals surface area contributed by atoms with Gasteiger partial charge in [0.25, 0.3) is 0 Å². The molecule has 1 atom stereocenters. The molecule has 5 nitrogen and oxygen atoms in total. The van der Waals surface area contributed by atoms with Crippen molar-refractivity contribution in [2.45, 2.75) is 38.8 Å². The molecule has 0 unspecified atom stereocenters. The third kappa shape index (κ3) is 4.46. The molecule has 1 aliphatic rings. The zero-order valence-electron chi connectivity index (χ0n) is 16.6. The van der Waals surface area contributed by atoms with Crippen LogP contribution in [0.1, 0.15) is 29.8 Å². The number of hydrogen-bond donors (Lipinski definition) is 1. The van der Waals surface area contributed by atoms with E-state index in [1.165, 1.54) is 17.7 Å². The van der Waals surface area contributed by atoms with E-state index in [0.717, 1.165) is 56.2 Å². The highest BCUT2D eigenvalue weighted by Gasteiger charge is 2.27. The van der Waals surface area contributed by atoms with Crippen molar-refractivity contribution >= 4 is 16.3 Å². The number of aliphatic hydroxyl groups excluding tert-OH is 1. The molecule has 1 aromatic carbocycles. The topological polar surface area (TPSA) is 44.0 Å². The van der Waals surface area contributed by atoms with Gasteiger partial charge in [0, 0.05) is 50.4 Å². The number of aromatic nitrogens is 2. The molecule has 3 aromatic rings. The Morgan fingerprint density at radius 1 is 1.21 bits per heavy atom. The lowest BCUT2D eigenvalue weighted by molar-refractivity contribution is 0.0539. The lowest BCUT2D eigenvalue weighted by atomic mass is 10.1. The molecule has 3 heterocycles. The van der Waals surface area contributed by atoms with Gasteiger partial charge >= 0.3 is 0 Å². The second kappa shape index (κ2) is 9.18. The van der Waals surface area contributed by atoms with Gasteiger partial charge in [-0.25, -0.2) is 4.98 Å². The van der Waals surface area contributed by atoms with Crippen LogP contribution < -0.4 is 0 Å². The monoisotopic (exact) mass is 398 g/mol. The Balaban J connectivity index is 1.34. The highest BCUT2D eigenvalue weighted by atomic mass is 32.1. The second-order valence-corrected chi connectivity index (χ2v) is 8.60. The predicted molar refractivity (Wildman–Crippen MR) is 115 cm³/mol. The first-order valence-electron chi connectivity index (χ1n) is 10.3. The summed E-state index contributed by atoms with van der Waals surface area (Å²) in [4.78, 5) is 10.9. The zero-order valence-corrected chi connectivity index (χ0v) is 17.4. The zero-order chi connectivity index (χ0) is 19.3. The van der Waals surface area contributed by atoms with Crippen molar-refractivity contribution in [2.75, 3.05) is 32.8 Å². The number of nitrogens with zero attached hydrogens (tertiary/aromatic N) is 4. The van der Waals surface area contributed by atoms with Crippen LogP contribution in [0.3, 0.4) is 0 Å². The van der Waals surface area contributed by atoms with E-state index in [1.807, 2.05) is 0 Å². The predicted octanol–water partition coefficient (Wildman–Crippen LogP) is 3.21. The highest BCUT2D eigenvalue weighted by molar-refractivity contribution is 7.15. The molecule has 1 saturated heterocycles. The minimum atomic E-state index is 0.258. The van der Waals surface area contributed by atoms with Crippen molar-refractivity contribution in [1.82, 2.24) is 19.2 Å². The molecule has 0 radical (unpaired) electrons. The molecule has 0 amide bonds. The summed E-state index contributed by atoms with van der Waals surface area (Å²) < 4.78 is 2.23. The number of aryl methyl sites for hydroxylation is 2. The van der Waals surface area contributed by atoms with E-state index in [9.17, 15) is 5.11 Å². The largest absolute Gasteiger partial charge is 0.396 e. The van der Waals surface area contributed by atoms with Gasteiger partial charge in [-0.3, -0.25) is 14.2 Å². The van der Waals surface area contributed by atoms with Crippen molar-refractivity contribution in [3.05, 3.63) is 58.9 Å². The first-order chi connectivity index (χ1) is 13.7. The molecule has 0 spiro atoms. The van der Waals surface area contributed by atoms with E-state index in [-0.39, 0.29) is 6.61 Å². The summed E-state index contributed by atoms with van der Waals surface area (Å²) in [6.45, 7) is 7.57. The highest BCUT2D eigenvalue weighted by Crippen LogP contribution is 2.21. The van der Waals surface area contributed by atoms with Crippen molar-refractivity contribution in [3.8, 4) is 0 Å².